The summed E-state index contributed by atoms with van der Waals surface area (Å²) in [5, 5.41) is 3.79. The number of amides is 1. The van der Waals surface area contributed by atoms with Crippen LogP contribution in [-0.2, 0) is 0 Å². The zero-order chi connectivity index (χ0) is 18.5. The summed E-state index contributed by atoms with van der Waals surface area (Å²) in [6.07, 6.45) is 2.78. The number of nitrogens with one attached hydrogen (secondary N) is 3. The molecule has 0 bridgehead atoms. The highest BCUT2D eigenvalue weighted by Gasteiger charge is 2.12. The van der Waals surface area contributed by atoms with E-state index in [1.54, 1.807) is 36.4 Å². The number of benzene rings is 1. The van der Waals surface area contributed by atoms with Gasteiger partial charge < -0.3 is 11.1 Å². The van der Waals surface area contributed by atoms with E-state index in [0.717, 1.165) is 0 Å². The van der Waals surface area contributed by atoms with Crippen LogP contribution in [0.1, 0.15) is 10.4 Å². The molecule has 0 aliphatic heterocycles. The van der Waals surface area contributed by atoms with Crippen molar-refractivity contribution in [2.45, 2.75) is 0 Å². The van der Waals surface area contributed by atoms with Crippen molar-refractivity contribution in [2.24, 2.45) is 0 Å². The van der Waals surface area contributed by atoms with Gasteiger partial charge in [-0.15, -0.1) is 0 Å². The molecular formula is C16H13Cl2N7O. The normalized spacial score (nSPS) is 10.2. The van der Waals surface area contributed by atoms with Gasteiger partial charge in [-0.3, -0.25) is 15.6 Å². The lowest BCUT2D eigenvalue weighted by Gasteiger charge is -2.13. The van der Waals surface area contributed by atoms with E-state index in [1.807, 2.05) is 0 Å². The van der Waals surface area contributed by atoms with Crippen LogP contribution >= 0.6 is 23.2 Å². The largest absolute Gasteiger partial charge is 0.393 e. The average Bonchev–Trinajstić information content (AvgIpc) is 2.64. The van der Waals surface area contributed by atoms with Gasteiger partial charge in [0, 0.05) is 6.20 Å². The molecule has 1 amide bonds. The highest BCUT2D eigenvalue weighted by Crippen LogP contribution is 2.25. The van der Waals surface area contributed by atoms with Crippen molar-refractivity contribution in [2.75, 3.05) is 16.5 Å². The van der Waals surface area contributed by atoms with Gasteiger partial charge >= 0.3 is 0 Å². The smallest absolute Gasteiger partial charge is 0.271 e. The molecule has 2 aromatic heterocycles. The highest BCUT2D eigenvalue weighted by molar-refractivity contribution is 6.33. The van der Waals surface area contributed by atoms with Crippen LogP contribution in [0.25, 0.3) is 0 Å². The standard InChI is InChI=1S/C16H13Cl2N7O/c17-9-5-6-12(20-7-9)23-14-13(19)15(22-8-21-14)24-25-16(26)10-3-1-2-4-11(10)18/h1-8H,19H2,(H,25,26)(H2,20,21,22,23,24). The Hall–Kier alpha value is -3.10. The summed E-state index contributed by atoms with van der Waals surface area (Å²) in [6, 6.07) is 10.0. The zero-order valence-corrected chi connectivity index (χ0v) is 14.7. The molecule has 3 aromatic rings. The number of hydrogen-bond acceptors (Lipinski definition) is 7. The summed E-state index contributed by atoms with van der Waals surface area (Å²) in [5.41, 5.74) is 11.7. The number of pyridine rings is 1. The minimum Gasteiger partial charge on any atom is -0.393 e. The molecule has 0 aliphatic rings. The zero-order valence-electron chi connectivity index (χ0n) is 13.2. The molecule has 132 valence electrons. The molecule has 0 fully saturated rings. The van der Waals surface area contributed by atoms with Crippen molar-refractivity contribution < 1.29 is 4.79 Å². The number of hydrazine groups is 1. The van der Waals surface area contributed by atoms with Crippen LogP contribution in [-0.4, -0.2) is 20.9 Å². The Morgan fingerprint density at radius 3 is 2.50 bits per heavy atom. The Kier molecular flexibility index (Phi) is 5.35. The lowest BCUT2D eigenvalue weighted by atomic mass is 10.2. The number of rotatable bonds is 5. The summed E-state index contributed by atoms with van der Waals surface area (Å²) < 4.78 is 0. The number of carbonyl (C=O) groups excluding carboxylic acids is 1. The molecule has 0 radical (unpaired) electrons. The SMILES string of the molecule is Nc1c(NNC(=O)c2ccccc2Cl)ncnc1Nc1ccc(Cl)cn1. The van der Waals surface area contributed by atoms with Gasteiger partial charge in [0.25, 0.3) is 5.91 Å². The summed E-state index contributed by atoms with van der Waals surface area (Å²) >= 11 is 11.8. The van der Waals surface area contributed by atoms with E-state index >= 15 is 0 Å². The topological polar surface area (TPSA) is 118 Å². The molecule has 0 saturated carbocycles. The molecule has 1 aromatic carbocycles. The number of nitrogen functional groups attached to an aromatic ring is 1. The van der Waals surface area contributed by atoms with E-state index in [-0.39, 0.29) is 11.5 Å². The quantitative estimate of drug-likeness (QED) is 0.494. The van der Waals surface area contributed by atoms with Crippen molar-refractivity contribution in [1.29, 1.82) is 0 Å². The fourth-order valence-electron chi connectivity index (χ4n) is 1.99. The molecule has 0 atom stereocenters. The van der Waals surface area contributed by atoms with Crippen LogP contribution in [0.3, 0.4) is 0 Å². The van der Waals surface area contributed by atoms with Gasteiger partial charge in [0.2, 0.25) is 0 Å². The molecule has 0 aliphatic carbocycles. The molecular weight excluding hydrogens is 377 g/mol. The van der Waals surface area contributed by atoms with Crippen LogP contribution in [0.5, 0.6) is 0 Å². The van der Waals surface area contributed by atoms with Gasteiger partial charge in [-0.05, 0) is 24.3 Å². The number of nitrogens with two attached hydrogens (primary N) is 1. The van der Waals surface area contributed by atoms with Crippen LogP contribution in [0.2, 0.25) is 10.0 Å². The van der Waals surface area contributed by atoms with Crippen LogP contribution in [0, 0.1) is 0 Å². The van der Waals surface area contributed by atoms with E-state index < -0.39 is 5.91 Å². The number of hydrogen-bond donors (Lipinski definition) is 4. The summed E-state index contributed by atoms with van der Waals surface area (Å²) in [7, 11) is 0. The number of nitrogens with zero attached hydrogens (tertiary/aromatic N) is 3. The fraction of sp³-hybridized carbons (Fsp3) is 0. The first kappa shape index (κ1) is 17.7. The first-order valence-corrected chi connectivity index (χ1v) is 8.10. The highest BCUT2D eigenvalue weighted by atomic mass is 35.5. The third kappa shape index (κ3) is 4.11. The van der Waals surface area contributed by atoms with Gasteiger partial charge in [0.15, 0.2) is 11.6 Å². The minimum absolute atomic E-state index is 0.198. The second-order valence-corrected chi connectivity index (χ2v) is 5.87. The van der Waals surface area contributed by atoms with Crippen LogP contribution < -0.4 is 21.9 Å². The Bertz CT molecular complexity index is 934. The molecule has 8 nitrogen and oxygen atoms in total. The Morgan fingerprint density at radius 1 is 1.00 bits per heavy atom. The predicted octanol–water partition coefficient (Wildman–Crippen LogP) is 3.26. The maximum absolute atomic E-state index is 12.2. The summed E-state index contributed by atoms with van der Waals surface area (Å²) in [4.78, 5) is 24.3. The van der Waals surface area contributed by atoms with Crippen LogP contribution in [0.15, 0.2) is 48.9 Å². The maximum atomic E-state index is 12.2. The molecule has 0 spiro atoms. The van der Waals surface area contributed by atoms with E-state index in [9.17, 15) is 4.79 Å². The predicted molar refractivity (Wildman–Crippen MR) is 102 cm³/mol. The van der Waals surface area contributed by atoms with Gasteiger partial charge in [-0.2, -0.15) is 0 Å². The van der Waals surface area contributed by atoms with Crippen molar-refractivity contribution in [3.8, 4) is 0 Å². The van der Waals surface area contributed by atoms with Gasteiger partial charge in [0.05, 0.1) is 15.6 Å². The third-order valence-corrected chi connectivity index (χ3v) is 3.82. The number of anilines is 4. The monoisotopic (exact) mass is 389 g/mol. The number of halogens is 2. The fourth-order valence-corrected chi connectivity index (χ4v) is 2.33. The van der Waals surface area contributed by atoms with Gasteiger partial charge in [-0.1, -0.05) is 35.3 Å². The molecule has 2 heterocycles. The van der Waals surface area contributed by atoms with Gasteiger partial charge in [-0.25, -0.2) is 15.0 Å². The van der Waals surface area contributed by atoms with E-state index in [0.29, 0.717) is 27.2 Å². The van der Waals surface area contributed by atoms with Crippen molar-refractivity contribution in [3.05, 3.63) is 64.5 Å². The lowest BCUT2D eigenvalue weighted by Crippen LogP contribution is -2.30. The first-order valence-electron chi connectivity index (χ1n) is 7.34. The van der Waals surface area contributed by atoms with E-state index in [1.165, 1.54) is 12.5 Å². The summed E-state index contributed by atoms with van der Waals surface area (Å²) in [5.74, 6) is 0.620. The molecule has 26 heavy (non-hydrogen) atoms. The molecule has 0 unspecified atom stereocenters. The Balaban J connectivity index is 1.72. The second-order valence-electron chi connectivity index (χ2n) is 5.03. The number of carbonyl (C=O) groups is 1. The molecule has 5 N–H and O–H groups in total. The second kappa shape index (κ2) is 7.85. The Labute approximate surface area is 158 Å². The summed E-state index contributed by atoms with van der Waals surface area (Å²) in [6.45, 7) is 0. The minimum atomic E-state index is -0.428. The molecule has 3 rings (SSSR count). The van der Waals surface area contributed by atoms with Crippen LogP contribution in [0.4, 0.5) is 23.1 Å². The van der Waals surface area contributed by atoms with Crippen molar-refractivity contribution >= 4 is 52.3 Å². The van der Waals surface area contributed by atoms with E-state index in [2.05, 4.69) is 31.1 Å². The number of aromatic nitrogens is 3. The maximum Gasteiger partial charge on any atom is 0.271 e. The van der Waals surface area contributed by atoms with Crippen molar-refractivity contribution in [3.63, 3.8) is 0 Å². The third-order valence-electron chi connectivity index (χ3n) is 3.27. The average molecular weight is 390 g/mol. The van der Waals surface area contributed by atoms with E-state index in [4.69, 9.17) is 28.9 Å². The molecule has 10 heteroatoms. The first-order chi connectivity index (χ1) is 12.5. The Morgan fingerprint density at radius 2 is 1.77 bits per heavy atom. The van der Waals surface area contributed by atoms with Crippen molar-refractivity contribution in [1.82, 2.24) is 20.4 Å². The van der Waals surface area contributed by atoms with Gasteiger partial charge in [0.1, 0.15) is 17.8 Å². The lowest BCUT2D eigenvalue weighted by molar-refractivity contribution is 0.0962. The molecule has 0 saturated heterocycles.